The fourth-order valence-corrected chi connectivity index (χ4v) is 4.68. The molecular weight excluding hydrogens is 423 g/mol. The highest BCUT2D eigenvalue weighted by Gasteiger charge is 2.41. The molecule has 1 amide bonds. The number of aliphatic imine (C=N–C) groups is 1. The quantitative estimate of drug-likeness (QED) is 0.714. The lowest BCUT2D eigenvalue weighted by Crippen LogP contribution is -2.55. The molecule has 0 bridgehead atoms. The van der Waals surface area contributed by atoms with E-state index in [0.717, 1.165) is 24.1 Å². The Labute approximate surface area is 186 Å². The Morgan fingerprint density at radius 1 is 1.20 bits per heavy atom. The first-order valence-corrected chi connectivity index (χ1v) is 10.7. The molecule has 6 nitrogen and oxygen atoms in total. The van der Waals surface area contributed by atoms with Crippen LogP contribution in [0.15, 0.2) is 47.5 Å². The first-order valence-electron chi connectivity index (χ1n) is 9.94. The molecule has 2 aliphatic rings. The average molecular weight is 447 g/mol. The zero-order chi connectivity index (χ0) is 21.3. The number of rotatable bonds is 4. The second kappa shape index (κ2) is 8.46. The summed E-state index contributed by atoms with van der Waals surface area (Å²) in [6, 6.07) is 13.1. The Morgan fingerprint density at radius 3 is 2.63 bits per heavy atom. The van der Waals surface area contributed by atoms with Gasteiger partial charge in [0.1, 0.15) is 0 Å². The maximum Gasteiger partial charge on any atom is 0.232 e. The van der Waals surface area contributed by atoms with Crippen LogP contribution in [0.3, 0.4) is 0 Å². The van der Waals surface area contributed by atoms with Gasteiger partial charge in [-0.05, 0) is 44.0 Å². The van der Waals surface area contributed by atoms with Crippen LogP contribution in [-0.4, -0.2) is 36.0 Å². The van der Waals surface area contributed by atoms with Gasteiger partial charge in [-0.2, -0.15) is 0 Å². The van der Waals surface area contributed by atoms with Crippen LogP contribution in [0.5, 0.6) is 0 Å². The lowest BCUT2D eigenvalue weighted by atomic mass is 9.86. The summed E-state index contributed by atoms with van der Waals surface area (Å²) in [5.41, 5.74) is 7.72. The molecule has 2 aromatic rings. The Morgan fingerprint density at radius 2 is 1.93 bits per heavy atom. The smallest absolute Gasteiger partial charge is 0.232 e. The molecule has 0 unspecified atom stereocenters. The summed E-state index contributed by atoms with van der Waals surface area (Å²) in [7, 11) is 0. The molecule has 2 aliphatic heterocycles. The number of carbonyl (C=O) groups is 1. The number of anilines is 2. The lowest BCUT2D eigenvalue weighted by Gasteiger charge is -2.40. The molecule has 30 heavy (non-hydrogen) atoms. The number of amides is 1. The van der Waals surface area contributed by atoms with Crippen molar-refractivity contribution in [3.05, 3.63) is 58.1 Å². The van der Waals surface area contributed by atoms with Gasteiger partial charge in [-0.3, -0.25) is 9.69 Å². The van der Waals surface area contributed by atoms with E-state index in [1.54, 1.807) is 11.0 Å². The summed E-state index contributed by atoms with van der Waals surface area (Å²) < 4.78 is 5.41. The number of nitrogens with zero attached hydrogens (tertiary/aromatic N) is 2. The molecule has 2 heterocycles. The van der Waals surface area contributed by atoms with Gasteiger partial charge in [-0.1, -0.05) is 41.4 Å². The molecule has 0 aromatic heterocycles. The maximum absolute atomic E-state index is 13.1. The van der Waals surface area contributed by atoms with Gasteiger partial charge in [-0.15, -0.1) is 0 Å². The molecular formula is C22H24Cl2N4O2. The maximum atomic E-state index is 13.1. The summed E-state index contributed by atoms with van der Waals surface area (Å²) in [5.74, 6) is 0.200. The van der Waals surface area contributed by atoms with Crippen molar-refractivity contribution in [1.29, 1.82) is 0 Å². The predicted octanol–water partition coefficient (Wildman–Crippen LogP) is 4.68. The van der Waals surface area contributed by atoms with E-state index in [-0.39, 0.29) is 24.3 Å². The fraction of sp³-hybridized carbons (Fsp3) is 0.364. The molecule has 2 aromatic carbocycles. The van der Waals surface area contributed by atoms with Crippen LogP contribution in [-0.2, 0) is 15.1 Å². The van der Waals surface area contributed by atoms with Crippen LogP contribution in [0.4, 0.5) is 11.4 Å². The number of carbonyl (C=O) groups excluding carboxylic acids is 1. The van der Waals surface area contributed by atoms with E-state index in [1.165, 1.54) is 0 Å². The third-order valence-corrected chi connectivity index (χ3v) is 6.25. The van der Waals surface area contributed by atoms with Gasteiger partial charge < -0.3 is 15.8 Å². The summed E-state index contributed by atoms with van der Waals surface area (Å²) in [6.07, 6.45) is 1.72. The van der Waals surface area contributed by atoms with Crippen LogP contribution in [0, 0.1) is 0 Å². The third-order valence-electron chi connectivity index (χ3n) is 5.61. The fourth-order valence-electron chi connectivity index (χ4n) is 4.11. The van der Waals surface area contributed by atoms with Gasteiger partial charge in [0.2, 0.25) is 5.91 Å². The van der Waals surface area contributed by atoms with Gasteiger partial charge in [0, 0.05) is 35.5 Å². The zero-order valence-electron chi connectivity index (χ0n) is 16.7. The van der Waals surface area contributed by atoms with E-state index in [2.05, 4.69) is 5.32 Å². The van der Waals surface area contributed by atoms with E-state index in [9.17, 15) is 4.79 Å². The lowest BCUT2D eigenvalue weighted by molar-refractivity contribution is -0.132. The standard InChI is InChI=1S/C22H24Cl2N4O2/c1-22(13-19(29)28(21(25)27-22)16-8-10-30-11-9-16)17-6-3-7-18(20(17)24)26-15-5-2-4-14(23)12-15/h2-7,12,16,26H,8-11,13H2,1H3,(H2,25,27)/t22-/m0/s1. The number of ether oxygens (including phenoxy) is 1. The number of nitrogens with two attached hydrogens (primary N) is 1. The number of benzene rings is 2. The van der Waals surface area contributed by atoms with Gasteiger partial charge in [0.05, 0.1) is 22.7 Å². The first-order chi connectivity index (χ1) is 14.4. The van der Waals surface area contributed by atoms with E-state index in [4.69, 9.17) is 38.7 Å². The molecule has 0 radical (unpaired) electrons. The van der Waals surface area contributed by atoms with Crippen molar-refractivity contribution in [3.63, 3.8) is 0 Å². The minimum absolute atomic E-state index is 0.0332. The number of nitrogens with one attached hydrogen (secondary N) is 1. The molecule has 8 heteroatoms. The largest absolute Gasteiger partial charge is 0.381 e. The molecule has 0 saturated carbocycles. The highest BCUT2D eigenvalue weighted by atomic mass is 35.5. The summed E-state index contributed by atoms with van der Waals surface area (Å²) in [6.45, 7) is 3.15. The van der Waals surface area contributed by atoms with E-state index in [0.29, 0.717) is 28.9 Å². The van der Waals surface area contributed by atoms with Crippen molar-refractivity contribution >= 4 is 46.4 Å². The number of hydrogen-bond acceptors (Lipinski definition) is 5. The average Bonchev–Trinajstić information content (AvgIpc) is 2.70. The molecule has 158 valence electrons. The van der Waals surface area contributed by atoms with Crippen molar-refractivity contribution < 1.29 is 9.53 Å². The Balaban J connectivity index is 1.65. The Hall–Kier alpha value is -2.28. The van der Waals surface area contributed by atoms with Gasteiger partial charge in [0.25, 0.3) is 0 Å². The van der Waals surface area contributed by atoms with E-state index in [1.807, 2.05) is 43.3 Å². The van der Waals surface area contributed by atoms with Crippen molar-refractivity contribution in [3.8, 4) is 0 Å². The second-order valence-corrected chi connectivity index (χ2v) is 8.64. The highest BCUT2D eigenvalue weighted by Crippen LogP contribution is 2.41. The third kappa shape index (κ3) is 4.13. The molecule has 0 spiro atoms. The van der Waals surface area contributed by atoms with Gasteiger partial charge in [-0.25, -0.2) is 4.99 Å². The van der Waals surface area contributed by atoms with Crippen LogP contribution in [0.25, 0.3) is 0 Å². The van der Waals surface area contributed by atoms with Crippen molar-refractivity contribution in [2.75, 3.05) is 18.5 Å². The molecule has 3 N–H and O–H groups in total. The monoisotopic (exact) mass is 446 g/mol. The second-order valence-electron chi connectivity index (χ2n) is 7.83. The van der Waals surface area contributed by atoms with Crippen LogP contribution in [0.1, 0.15) is 31.7 Å². The SMILES string of the molecule is C[C@@]1(c2cccc(Nc3cccc(Cl)c3)c2Cl)CC(=O)N(C2CCOCC2)C(N)=N1. The minimum Gasteiger partial charge on any atom is -0.381 e. The topological polar surface area (TPSA) is 80.0 Å². The minimum atomic E-state index is -0.841. The number of halogens is 2. The Bertz CT molecular complexity index is 991. The van der Waals surface area contributed by atoms with Crippen molar-refractivity contribution in [2.45, 2.75) is 37.8 Å². The van der Waals surface area contributed by atoms with Crippen molar-refractivity contribution in [2.24, 2.45) is 10.7 Å². The first kappa shape index (κ1) is 21.0. The summed E-state index contributed by atoms with van der Waals surface area (Å²) in [4.78, 5) is 19.4. The van der Waals surface area contributed by atoms with Crippen LogP contribution >= 0.6 is 23.2 Å². The normalized spacial score (nSPS) is 22.7. The van der Waals surface area contributed by atoms with Crippen LogP contribution in [0.2, 0.25) is 10.0 Å². The van der Waals surface area contributed by atoms with E-state index < -0.39 is 5.54 Å². The molecule has 4 rings (SSSR count). The number of hydrogen-bond donors (Lipinski definition) is 2. The van der Waals surface area contributed by atoms with Crippen molar-refractivity contribution in [1.82, 2.24) is 4.90 Å². The molecule has 1 fully saturated rings. The highest BCUT2D eigenvalue weighted by molar-refractivity contribution is 6.34. The Kier molecular flexibility index (Phi) is 5.91. The van der Waals surface area contributed by atoms with Gasteiger partial charge in [0.15, 0.2) is 5.96 Å². The van der Waals surface area contributed by atoms with Gasteiger partial charge >= 0.3 is 0 Å². The number of guanidine groups is 1. The summed E-state index contributed by atoms with van der Waals surface area (Å²) in [5, 5.41) is 4.42. The van der Waals surface area contributed by atoms with Crippen LogP contribution < -0.4 is 11.1 Å². The molecule has 1 atom stereocenters. The predicted molar refractivity (Wildman–Crippen MR) is 120 cm³/mol. The van der Waals surface area contributed by atoms with E-state index >= 15 is 0 Å². The summed E-state index contributed by atoms with van der Waals surface area (Å²) >= 11 is 12.8. The zero-order valence-corrected chi connectivity index (χ0v) is 18.2. The molecule has 1 saturated heterocycles. The molecule has 0 aliphatic carbocycles.